The number of methoxy groups -OCH3 is 1. The molecule has 1 saturated heterocycles. The fraction of sp³-hybridized carbons (Fsp3) is 0.909. The monoisotopic (exact) mass is 215 g/mol. The minimum absolute atomic E-state index is 0.245. The van der Waals surface area contributed by atoms with E-state index >= 15 is 0 Å². The summed E-state index contributed by atoms with van der Waals surface area (Å²) in [4.78, 5) is 13.3. The van der Waals surface area contributed by atoms with Crippen molar-refractivity contribution in [2.45, 2.75) is 32.2 Å². The van der Waals surface area contributed by atoms with Crippen LogP contribution in [0.15, 0.2) is 0 Å². The lowest BCUT2D eigenvalue weighted by molar-refractivity contribution is -0.155. The Bertz CT molecular complexity index is 232. The second kappa shape index (κ2) is 4.94. The quantitative estimate of drug-likeness (QED) is 0.765. The Balaban J connectivity index is 2.74. The third kappa shape index (κ3) is 2.69. The fourth-order valence-corrected chi connectivity index (χ4v) is 2.21. The Labute approximate surface area is 91.2 Å². The van der Waals surface area contributed by atoms with Crippen molar-refractivity contribution in [3.05, 3.63) is 0 Å². The standard InChI is InChI=1S/C11H21NO3/c1-9-5-4-6-12(7-9)11(2,8-15-3)10(13)14/h9H,4-8H2,1-3H3,(H,13,14). The number of aliphatic carboxylic acids is 1. The van der Waals surface area contributed by atoms with E-state index in [2.05, 4.69) is 6.92 Å². The van der Waals surface area contributed by atoms with E-state index in [1.54, 1.807) is 14.0 Å². The molecule has 1 aliphatic rings. The first-order valence-corrected chi connectivity index (χ1v) is 5.48. The molecule has 4 nitrogen and oxygen atoms in total. The second-order valence-electron chi connectivity index (χ2n) is 4.71. The first kappa shape index (κ1) is 12.5. The normalized spacial score (nSPS) is 27.3. The summed E-state index contributed by atoms with van der Waals surface area (Å²) in [5, 5.41) is 9.28. The first-order valence-electron chi connectivity index (χ1n) is 5.48. The predicted octanol–water partition coefficient (Wildman–Crippen LogP) is 1.21. The second-order valence-corrected chi connectivity index (χ2v) is 4.71. The molecule has 0 aliphatic carbocycles. The Morgan fingerprint density at radius 2 is 2.33 bits per heavy atom. The molecule has 0 bridgehead atoms. The van der Waals surface area contributed by atoms with E-state index in [1.165, 1.54) is 6.42 Å². The minimum atomic E-state index is -0.872. The molecule has 1 heterocycles. The van der Waals surface area contributed by atoms with Crippen LogP contribution in [-0.2, 0) is 9.53 Å². The Morgan fingerprint density at radius 1 is 1.67 bits per heavy atom. The van der Waals surface area contributed by atoms with Crippen LogP contribution in [0.2, 0.25) is 0 Å². The molecule has 0 saturated carbocycles. The molecule has 4 heteroatoms. The number of ether oxygens (including phenoxy) is 1. The van der Waals surface area contributed by atoms with Gasteiger partial charge < -0.3 is 9.84 Å². The lowest BCUT2D eigenvalue weighted by atomic mass is 9.93. The van der Waals surface area contributed by atoms with E-state index in [-0.39, 0.29) is 6.61 Å². The molecule has 0 aromatic rings. The van der Waals surface area contributed by atoms with Crippen LogP contribution in [0, 0.1) is 5.92 Å². The average molecular weight is 215 g/mol. The highest BCUT2D eigenvalue weighted by Crippen LogP contribution is 2.24. The molecule has 1 fully saturated rings. The lowest BCUT2D eigenvalue weighted by Gasteiger charge is -2.41. The van der Waals surface area contributed by atoms with Gasteiger partial charge in [0, 0.05) is 13.7 Å². The molecule has 2 atom stereocenters. The third-order valence-electron chi connectivity index (χ3n) is 3.24. The number of carboxylic acid groups (broad SMARTS) is 1. The average Bonchev–Trinajstić information content (AvgIpc) is 2.17. The number of carbonyl (C=O) groups is 1. The predicted molar refractivity (Wildman–Crippen MR) is 57.9 cm³/mol. The summed E-state index contributed by atoms with van der Waals surface area (Å²) in [6.07, 6.45) is 2.27. The maximum absolute atomic E-state index is 11.3. The van der Waals surface area contributed by atoms with Gasteiger partial charge in [0.1, 0.15) is 5.54 Å². The SMILES string of the molecule is COCC(C)(C(=O)O)N1CCCC(C)C1. The molecule has 0 aromatic carbocycles. The van der Waals surface area contributed by atoms with Gasteiger partial charge in [0.15, 0.2) is 0 Å². The van der Waals surface area contributed by atoms with Crippen molar-refractivity contribution < 1.29 is 14.6 Å². The molecular weight excluding hydrogens is 194 g/mol. The smallest absolute Gasteiger partial charge is 0.326 e. The molecule has 0 aromatic heterocycles. The number of hydrogen-bond donors (Lipinski definition) is 1. The van der Waals surface area contributed by atoms with Crippen LogP contribution in [-0.4, -0.2) is 48.3 Å². The van der Waals surface area contributed by atoms with E-state index < -0.39 is 11.5 Å². The summed E-state index contributed by atoms with van der Waals surface area (Å²) >= 11 is 0. The highest BCUT2D eigenvalue weighted by atomic mass is 16.5. The van der Waals surface area contributed by atoms with E-state index in [1.807, 2.05) is 4.90 Å². The van der Waals surface area contributed by atoms with Gasteiger partial charge in [-0.15, -0.1) is 0 Å². The lowest BCUT2D eigenvalue weighted by Crippen LogP contribution is -2.58. The highest BCUT2D eigenvalue weighted by Gasteiger charge is 2.41. The summed E-state index contributed by atoms with van der Waals surface area (Å²) in [5.41, 5.74) is -0.872. The topological polar surface area (TPSA) is 49.8 Å². The van der Waals surface area contributed by atoms with Crippen molar-refractivity contribution in [2.75, 3.05) is 26.8 Å². The number of rotatable bonds is 4. The van der Waals surface area contributed by atoms with Gasteiger partial charge in [0.05, 0.1) is 6.61 Å². The summed E-state index contributed by atoms with van der Waals surface area (Å²) in [6.45, 7) is 5.87. The maximum atomic E-state index is 11.3. The van der Waals surface area contributed by atoms with Crippen LogP contribution in [0.5, 0.6) is 0 Å². The van der Waals surface area contributed by atoms with Crippen LogP contribution in [0.4, 0.5) is 0 Å². The van der Waals surface area contributed by atoms with Gasteiger partial charge in [-0.25, -0.2) is 0 Å². The molecule has 0 amide bonds. The van der Waals surface area contributed by atoms with E-state index in [9.17, 15) is 9.90 Å². The molecule has 88 valence electrons. The van der Waals surface area contributed by atoms with Crippen LogP contribution >= 0.6 is 0 Å². The van der Waals surface area contributed by atoms with Crippen molar-refractivity contribution in [1.82, 2.24) is 4.90 Å². The van der Waals surface area contributed by atoms with Crippen LogP contribution in [0.1, 0.15) is 26.7 Å². The zero-order chi connectivity index (χ0) is 11.5. The number of carboxylic acids is 1. The van der Waals surface area contributed by atoms with Gasteiger partial charge in [0.2, 0.25) is 0 Å². The van der Waals surface area contributed by atoms with Gasteiger partial charge in [-0.05, 0) is 32.2 Å². The Morgan fingerprint density at radius 3 is 2.80 bits per heavy atom. The number of nitrogens with zero attached hydrogens (tertiary/aromatic N) is 1. The van der Waals surface area contributed by atoms with Gasteiger partial charge in [-0.1, -0.05) is 6.92 Å². The molecule has 1 rings (SSSR count). The van der Waals surface area contributed by atoms with Gasteiger partial charge >= 0.3 is 5.97 Å². The molecule has 2 unspecified atom stereocenters. The zero-order valence-corrected chi connectivity index (χ0v) is 9.82. The van der Waals surface area contributed by atoms with Crippen LogP contribution in [0.3, 0.4) is 0 Å². The minimum Gasteiger partial charge on any atom is -0.480 e. The number of hydrogen-bond acceptors (Lipinski definition) is 3. The Kier molecular flexibility index (Phi) is 4.11. The number of likely N-dealkylation sites (tertiary alicyclic amines) is 1. The van der Waals surface area contributed by atoms with Crippen molar-refractivity contribution >= 4 is 5.97 Å². The van der Waals surface area contributed by atoms with Gasteiger partial charge in [-0.3, -0.25) is 9.69 Å². The van der Waals surface area contributed by atoms with Gasteiger partial charge in [0.25, 0.3) is 0 Å². The van der Waals surface area contributed by atoms with Crippen molar-refractivity contribution in [3.8, 4) is 0 Å². The summed E-state index contributed by atoms with van der Waals surface area (Å²) in [6, 6.07) is 0. The fourth-order valence-electron chi connectivity index (χ4n) is 2.21. The van der Waals surface area contributed by atoms with E-state index in [4.69, 9.17) is 4.74 Å². The summed E-state index contributed by atoms with van der Waals surface area (Å²) in [7, 11) is 1.55. The molecule has 0 radical (unpaired) electrons. The molecular formula is C11H21NO3. The third-order valence-corrected chi connectivity index (χ3v) is 3.24. The molecule has 15 heavy (non-hydrogen) atoms. The van der Waals surface area contributed by atoms with Crippen LogP contribution in [0.25, 0.3) is 0 Å². The largest absolute Gasteiger partial charge is 0.480 e. The molecule has 0 spiro atoms. The van der Waals surface area contributed by atoms with E-state index in [0.29, 0.717) is 5.92 Å². The summed E-state index contributed by atoms with van der Waals surface area (Å²) < 4.78 is 5.03. The van der Waals surface area contributed by atoms with Gasteiger partial charge in [-0.2, -0.15) is 0 Å². The maximum Gasteiger partial charge on any atom is 0.326 e. The summed E-state index contributed by atoms with van der Waals surface area (Å²) in [5.74, 6) is -0.215. The molecule has 1 aliphatic heterocycles. The van der Waals surface area contributed by atoms with Crippen molar-refractivity contribution in [1.29, 1.82) is 0 Å². The zero-order valence-electron chi connectivity index (χ0n) is 9.82. The Hall–Kier alpha value is -0.610. The van der Waals surface area contributed by atoms with Crippen molar-refractivity contribution in [3.63, 3.8) is 0 Å². The highest BCUT2D eigenvalue weighted by molar-refractivity contribution is 5.78. The number of piperidine rings is 1. The van der Waals surface area contributed by atoms with E-state index in [0.717, 1.165) is 19.5 Å². The molecule has 1 N–H and O–H groups in total. The van der Waals surface area contributed by atoms with Crippen molar-refractivity contribution in [2.24, 2.45) is 5.92 Å². The van der Waals surface area contributed by atoms with Crippen LogP contribution < -0.4 is 0 Å². The first-order chi connectivity index (χ1) is 7.00.